The van der Waals surface area contributed by atoms with Crippen LogP contribution in [0.15, 0.2) is 29.6 Å². The molecule has 0 radical (unpaired) electrons. The number of thiazole rings is 1. The summed E-state index contributed by atoms with van der Waals surface area (Å²) in [5.74, 6) is 0.156. The Morgan fingerprint density at radius 3 is 2.93 bits per heavy atom. The van der Waals surface area contributed by atoms with Crippen LogP contribution in [0.4, 0.5) is 0 Å². The lowest BCUT2D eigenvalue weighted by Crippen LogP contribution is -2.45. The molecule has 0 unspecified atom stereocenters. The van der Waals surface area contributed by atoms with Gasteiger partial charge in [-0.15, -0.1) is 11.3 Å². The monoisotopic (exact) mass is 406 g/mol. The van der Waals surface area contributed by atoms with Crippen molar-refractivity contribution in [3.63, 3.8) is 0 Å². The lowest BCUT2D eigenvalue weighted by Gasteiger charge is -2.34. The van der Waals surface area contributed by atoms with Crippen LogP contribution in [0.5, 0.6) is 0 Å². The van der Waals surface area contributed by atoms with Crippen molar-refractivity contribution < 1.29 is 14.3 Å². The minimum Gasteiger partial charge on any atom is -0.451 e. The van der Waals surface area contributed by atoms with Gasteiger partial charge in [0.15, 0.2) is 12.3 Å². The van der Waals surface area contributed by atoms with Gasteiger partial charge in [-0.3, -0.25) is 4.79 Å². The lowest BCUT2D eigenvalue weighted by atomic mass is 9.78. The highest BCUT2D eigenvalue weighted by molar-refractivity contribution is 7.13. The summed E-state index contributed by atoms with van der Waals surface area (Å²) in [6.07, 6.45) is 3.28. The Kier molecular flexibility index (Phi) is 6.50. The maximum absolute atomic E-state index is 12.2. The topological polar surface area (TPSA) is 68.3 Å². The molecular formula is C20H23ClN2O3S. The zero-order valence-corrected chi connectivity index (χ0v) is 17.0. The minimum atomic E-state index is -0.597. The molecule has 3 rings (SSSR count). The van der Waals surface area contributed by atoms with Crippen molar-refractivity contribution in [2.45, 2.75) is 39.2 Å². The number of nitrogens with one attached hydrogen (secondary N) is 1. The molecule has 1 saturated carbocycles. The Morgan fingerprint density at radius 1 is 1.33 bits per heavy atom. The Hall–Kier alpha value is -1.92. The molecule has 1 N–H and O–H groups in total. The van der Waals surface area contributed by atoms with Crippen molar-refractivity contribution in [1.29, 1.82) is 0 Å². The number of carbonyl (C=O) groups excluding carboxylic acids is 2. The highest BCUT2D eigenvalue weighted by Crippen LogP contribution is 2.29. The van der Waals surface area contributed by atoms with E-state index in [1.54, 1.807) is 17.5 Å². The van der Waals surface area contributed by atoms with E-state index in [2.05, 4.69) is 24.1 Å². The van der Waals surface area contributed by atoms with Gasteiger partial charge < -0.3 is 10.1 Å². The summed E-state index contributed by atoms with van der Waals surface area (Å²) < 4.78 is 5.13. The molecule has 1 aliphatic rings. The van der Waals surface area contributed by atoms with Crippen molar-refractivity contribution in [1.82, 2.24) is 10.3 Å². The third-order valence-corrected chi connectivity index (χ3v) is 6.30. The van der Waals surface area contributed by atoms with Gasteiger partial charge in [0.05, 0.1) is 0 Å². The first-order valence-electron chi connectivity index (χ1n) is 9.12. The fraction of sp³-hybridized carbons (Fsp3) is 0.450. The SMILES string of the molecule is C[C@@H]1[C@H](C)CCC[C@H]1NC(=O)COC(=O)c1csc(-c2cccc(Cl)c2)n1. The Morgan fingerprint density at radius 2 is 2.15 bits per heavy atom. The normalized spacial score (nSPS) is 22.3. The van der Waals surface area contributed by atoms with Crippen LogP contribution in [0.2, 0.25) is 5.02 Å². The molecule has 27 heavy (non-hydrogen) atoms. The number of benzene rings is 1. The molecule has 0 spiro atoms. The maximum atomic E-state index is 12.2. The van der Waals surface area contributed by atoms with Crippen LogP contribution in [0.1, 0.15) is 43.6 Å². The van der Waals surface area contributed by atoms with Gasteiger partial charge in [0.2, 0.25) is 0 Å². The number of rotatable bonds is 5. The van der Waals surface area contributed by atoms with Crippen LogP contribution < -0.4 is 5.32 Å². The first kappa shape index (κ1) is 19.8. The number of nitrogens with zero attached hydrogens (tertiary/aromatic N) is 1. The molecule has 1 aromatic heterocycles. The summed E-state index contributed by atoms with van der Waals surface area (Å²) in [5, 5.41) is 5.91. The molecular weight excluding hydrogens is 384 g/mol. The van der Waals surface area contributed by atoms with Gasteiger partial charge in [0, 0.05) is 22.0 Å². The number of carbonyl (C=O) groups is 2. The fourth-order valence-corrected chi connectivity index (χ4v) is 4.34. The van der Waals surface area contributed by atoms with E-state index in [-0.39, 0.29) is 24.2 Å². The van der Waals surface area contributed by atoms with Gasteiger partial charge >= 0.3 is 5.97 Å². The molecule has 0 bridgehead atoms. The van der Waals surface area contributed by atoms with Crippen LogP contribution in [-0.4, -0.2) is 29.5 Å². The Balaban J connectivity index is 1.53. The maximum Gasteiger partial charge on any atom is 0.358 e. The quantitative estimate of drug-likeness (QED) is 0.739. The number of hydrogen-bond acceptors (Lipinski definition) is 5. The van der Waals surface area contributed by atoms with Crippen molar-refractivity contribution in [2.24, 2.45) is 11.8 Å². The van der Waals surface area contributed by atoms with E-state index in [9.17, 15) is 9.59 Å². The van der Waals surface area contributed by atoms with Crippen LogP contribution in [0.3, 0.4) is 0 Å². The summed E-state index contributed by atoms with van der Waals surface area (Å²) in [4.78, 5) is 28.6. The zero-order chi connectivity index (χ0) is 19.4. The van der Waals surface area contributed by atoms with Gasteiger partial charge in [0.25, 0.3) is 5.91 Å². The number of hydrogen-bond donors (Lipinski definition) is 1. The van der Waals surface area contributed by atoms with Crippen LogP contribution in [0.25, 0.3) is 10.6 Å². The van der Waals surface area contributed by atoms with Gasteiger partial charge in [-0.25, -0.2) is 9.78 Å². The van der Waals surface area contributed by atoms with E-state index in [1.807, 2.05) is 12.1 Å². The van der Waals surface area contributed by atoms with Gasteiger partial charge in [-0.2, -0.15) is 0 Å². The zero-order valence-electron chi connectivity index (χ0n) is 15.4. The molecule has 1 aliphatic carbocycles. The van der Waals surface area contributed by atoms with E-state index in [0.717, 1.165) is 18.4 Å². The molecule has 3 atom stereocenters. The summed E-state index contributed by atoms with van der Waals surface area (Å²) >= 11 is 7.32. The van der Waals surface area contributed by atoms with E-state index < -0.39 is 5.97 Å². The smallest absolute Gasteiger partial charge is 0.358 e. The van der Waals surface area contributed by atoms with Crippen molar-refractivity contribution in [3.05, 3.63) is 40.4 Å². The molecule has 0 saturated heterocycles. The van der Waals surface area contributed by atoms with E-state index in [4.69, 9.17) is 16.3 Å². The molecule has 5 nitrogen and oxygen atoms in total. The first-order valence-corrected chi connectivity index (χ1v) is 10.4. The molecule has 7 heteroatoms. The second-order valence-electron chi connectivity index (χ2n) is 7.07. The van der Waals surface area contributed by atoms with Crippen LogP contribution in [-0.2, 0) is 9.53 Å². The van der Waals surface area contributed by atoms with Crippen molar-refractivity contribution >= 4 is 34.8 Å². The molecule has 1 fully saturated rings. The molecule has 1 aromatic carbocycles. The molecule has 2 aromatic rings. The molecule has 1 amide bonds. The average molecular weight is 407 g/mol. The number of amides is 1. The summed E-state index contributed by atoms with van der Waals surface area (Å²) in [6, 6.07) is 7.41. The van der Waals surface area contributed by atoms with Crippen LogP contribution >= 0.6 is 22.9 Å². The average Bonchev–Trinajstić information content (AvgIpc) is 3.14. The minimum absolute atomic E-state index is 0.147. The van der Waals surface area contributed by atoms with E-state index >= 15 is 0 Å². The summed E-state index contributed by atoms with van der Waals surface area (Å²) in [5.41, 5.74) is 1.03. The number of halogens is 1. The van der Waals surface area contributed by atoms with E-state index in [0.29, 0.717) is 21.9 Å². The molecule has 144 valence electrons. The predicted molar refractivity (Wildman–Crippen MR) is 107 cm³/mol. The van der Waals surface area contributed by atoms with Gasteiger partial charge in [-0.1, -0.05) is 50.4 Å². The second kappa shape index (κ2) is 8.85. The van der Waals surface area contributed by atoms with Gasteiger partial charge in [0.1, 0.15) is 5.01 Å². The van der Waals surface area contributed by atoms with Crippen molar-refractivity contribution in [2.75, 3.05) is 6.61 Å². The third kappa shape index (κ3) is 5.08. The second-order valence-corrected chi connectivity index (χ2v) is 8.36. The largest absolute Gasteiger partial charge is 0.451 e. The Labute approximate surface area is 168 Å². The van der Waals surface area contributed by atoms with E-state index in [1.165, 1.54) is 17.8 Å². The fourth-order valence-electron chi connectivity index (χ4n) is 3.36. The third-order valence-electron chi connectivity index (χ3n) is 5.17. The highest BCUT2D eigenvalue weighted by Gasteiger charge is 2.28. The van der Waals surface area contributed by atoms with Crippen LogP contribution in [0, 0.1) is 11.8 Å². The van der Waals surface area contributed by atoms with Crippen molar-refractivity contribution in [3.8, 4) is 10.6 Å². The standard InChI is InChI=1S/C20H23ClN2O3S/c1-12-5-3-8-16(13(12)2)22-18(24)10-26-20(25)17-11-27-19(23-17)14-6-4-7-15(21)9-14/h4,6-7,9,11-13,16H,3,5,8,10H2,1-2H3,(H,22,24)/t12-,13-,16-/m1/s1. The number of ether oxygens (including phenoxy) is 1. The first-order chi connectivity index (χ1) is 12.9. The number of esters is 1. The Bertz CT molecular complexity index is 823. The highest BCUT2D eigenvalue weighted by atomic mass is 35.5. The lowest BCUT2D eigenvalue weighted by molar-refractivity contribution is -0.125. The number of aromatic nitrogens is 1. The predicted octanol–water partition coefficient (Wildman–Crippen LogP) is 4.56. The summed E-state index contributed by atoms with van der Waals surface area (Å²) in [7, 11) is 0. The molecule has 0 aliphatic heterocycles. The van der Waals surface area contributed by atoms with Gasteiger partial charge in [-0.05, 0) is 30.4 Å². The molecule has 1 heterocycles. The summed E-state index contributed by atoms with van der Waals surface area (Å²) in [6.45, 7) is 4.08.